The first-order chi connectivity index (χ1) is 6.22. The molecule has 0 atom stereocenters. The van der Waals surface area contributed by atoms with Crippen LogP contribution in [0.1, 0.15) is 5.56 Å². The minimum atomic E-state index is 0.522. The maximum absolute atomic E-state index is 5.85. The minimum absolute atomic E-state index is 0.522. The van der Waals surface area contributed by atoms with Crippen LogP contribution in [0.4, 0.5) is 5.69 Å². The molecule has 2 aromatic rings. The number of fused-ring (bicyclic) bond motifs is 1. The molecule has 0 saturated heterocycles. The Morgan fingerprint density at radius 3 is 2.92 bits per heavy atom. The van der Waals surface area contributed by atoms with Gasteiger partial charge in [-0.3, -0.25) is 0 Å². The van der Waals surface area contributed by atoms with E-state index in [1.807, 2.05) is 5.38 Å². The maximum atomic E-state index is 5.85. The summed E-state index contributed by atoms with van der Waals surface area (Å²) < 4.78 is 2.43. The molecule has 0 aliphatic rings. The lowest BCUT2D eigenvalue weighted by molar-refractivity contribution is 1.45. The van der Waals surface area contributed by atoms with Crippen LogP contribution in [0.3, 0.4) is 0 Å². The van der Waals surface area contributed by atoms with Crippen molar-refractivity contribution in [3.8, 4) is 0 Å². The zero-order chi connectivity index (χ0) is 9.42. The highest BCUT2D eigenvalue weighted by Crippen LogP contribution is 2.33. The number of hydrogen-bond donors (Lipinski definition) is 1. The summed E-state index contributed by atoms with van der Waals surface area (Å²) in [5.41, 5.74) is 7.82. The van der Waals surface area contributed by atoms with E-state index >= 15 is 0 Å². The number of benzene rings is 1. The molecule has 2 rings (SSSR count). The third-order valence-electron chi connectivity index (χ3n) is 1.89. The third kappa shape index (κ3) is 1.65. The molecule has 0 aliphatic heterocycles. The lowest BCUT2D eigenvalue weighted by Gasteiger charge is -2.01. The van der Waals surface area contributed by atoms with Gasteiger partial charge in [0, 0.05) is 24.9 Å². The van der Waals surface area contributed by atoms with Gasteiger partial charge >= 0.3 is 0 Å². The lowest BCUT2D eigenvalue weighted by Crippen LogP contribution is -1.86. The van der Waals surface area contributed by atoms with Crippen LogP contribution < -0.4 is 5.73 Å². The van der Waals surface area contributed by atoms with Crippen molar-refractivity contribution in [1.29, 1.82) is 0 Å². The molecule has 0 spiro atoms. The molecule has 0 bridgehead atoms. The number of thiophene rings is 1. The van der Waals surface area contributed by atoms with Crippen LogP contribution in [-0.4, -0.2) is 0 Å². The normalized spacial score (nSPS) is 10.9. The van der Waals surface area contributed by atoms with Gasteiger partial charge in [-0.1, -0.05) is 0 Å². The highest BCUT2D eigenvalue weighted by Gasteiger charge is 2.07. The van der Waals surface area contributed by atoms with E-state index in [0.29, 0.717) is 5.88 Å². The Morgan fingerprint density at radius 2 is 2.23 bits per heavy atom. The smallest absolute Gasteiger partial charge is 0.0506 e. The van der Waals surface area contributed by atoms with Crippen LogP contribution in [-0.2, 0) is 5.88 Å². The van der Waals surface area contributed by atoms with Crippen molar-refractivity contribution in [1.82, 2.24) is 0 Å². The second kappa shape index (κ2) is 3.63. The number of nitrogens with two attached hydrogens (primary N) is 1. The average Bonchev–Trinajstić information content (AvgIpc) is 2.46. The van der Waals surface area contributed by atoms with E-state index in [0.717, 1.165) is 16.6 Å². The second-order valence-electron chi connectivity index (χ2n) is 2.76. The van der Waals surface area contributed by atoms with Crippen LogP contribution >= 0.6 is 45.5 Å². The van der Waals surface area contributed by atoms with E-state index in [-0.39, 0.29) is 0 Å². The van der Waals surface area contributed by atoms with Crippen molar-refractivity contribution in [2.75, 3.05) is 5.73 Å². The van der Waals surface area contributed by atoms with Crippen LogP contribution in [0.2, 0.25) is 0 Å². The van der Waals surface area contributed by atoms with Crippen LogP contribution in [0, 0.1) is 3.57 Å². The molecule has 4 heteroatoms. The second-order valence-corrected chi connectivity index (χ2v) is 5.19. The summed E-state index contributed by atoms with van der Waals surface area (Å²) in [5, 5.41) is 3.09. The summed E-state index contributed by atoms with van der Waals surface area (Å²) in [5.74, 6) is 0.522. The summed E-state index contributed by atoms with van der Waals surface area (Å²) in [4.78, 5) is 0. The molecular formula is C9H7ClINS. The molecule has 0 saturated carbocycles. The standard InChI is InChI=1S/C9H7ClINS/c10-3-5-1-6(11)2-8-9(5)7(12)4-13-8/h1-2,4H,3,12H2. The maximum Gasteiger partial charge on any atom is 0.0506 e. The van der Waals surface area contributed by atoms with Gasteiger partial charge in [-0.05, 0) is 40.3 Å². The molecule has 1 nitrogen and oxygen atoms in total. The number of nitrogen functional groups attached to an aromatic ring is 1. The summed E-state index contributed by atoms with van der Waals surface area (Å²) in [7, 11) is 0. The minimum Gasteiger partial charge on any atom is -0.398 e. The van der Waals surface area contributed by atoms with E-state index in [9.17, 15) is 0 Å². The third-order valence-corrected chi connectivity index (χ3v) is 3.75. The van der Waals surface area contributed by atoms with E-state index in [2.05, 4.69) is 34.7 Å². The Bertz CT molecular complexity index is 452. The van der Waals surface area contributed by atoms with Crippen molar-refractivity contribution in [2.24, 2.45) is 0 Å². The van der Waals surface area contributed by atoms with Gasteiger partial charge in [0.1, 0.15) is 0 Å². The van der Waals surface area contributed by atoms with E-state index in [1.54, 1.807) is 11.3 Å². The Morgan fingerprint density at radius 1 is 1.46 bits per heavy atom. The number of hydrogen-bond acceptors (Lipinski definition) is 2. The predicted molar refractivity (Wildman–Crippen MR) is 68.5 cm³/mol. The van der Waals surface area contributed by atoms with Gasteiger partial charge < -0.3 is 5.73 Å². The van der Waals surface area contributed by atoms with Crippen LogP contribution in [0.15, 0.2) is 17.5 Å². The number of rotatable bonds is 1. The first-order valence-corrected chi connectivity index (χ1v) is 6.22. The van der Waals surface area contributed by atoms with Crippen molar-refractivity contribution in [3.63, 3.8) is 0 Å². The first-order valence-electron chi connectivity index (χ1n) is 3.73. The van der Waals surface area contributed by atoms with Crippen molar-refractivity contribution >= 4 is 61.3 Å². The average molecular weight is 324 g/mol. The van der Waals surface area contributed by atoms with Gasteiger partial charge in [0.2, 0.25) is 0 Å². The Hall–Kier alpha value is -0.0000000000000000555. The molecule has 0 radical (unpaired) electrons. The van der Waals surface area contributed by atoms with E-state index in [1.165, 1.54) is 8.27 Å². The SMILES string of the molecule is Nc1csc2cc(I)cc(CCl)c12. The molecule has 2 N–H and O–H groups in total. The zero-order valence-corrected chi connectivity index (χ0v) is 10.4. The molecule has 1 heterocycles. The largest absolute Gasteiger partial charge is 0.398 e. The fourth-order valence-corrected chi connectivity index (χ4v) is 3.39. The molecule has 0 aliphatic carbocycles. The molecule has 1 aromatic carbocycles. The molecule has 68 valence electrons. The van der Waals surface area contributed by atoms with Crippen molar-refractivity contribution < 1.29 is 0 Å². The van der Waals surface area contributed by atoms with Gasteiger partial charge in [0.15, 0.2) is 0 Å². The fraction of sp³-hybridized carbons (Fsp3) is 0.111. The van der Waals surface area contributed by atoms with Crippen molar-refractivity contribution in [3.05, 3.63) is 26.6 Å². The molecule has 1 aromatic heterocycles. The Kier molecular flexibility index (Phi) is 2.67. The summed E-state index contributed by atoms with van der Waals surface area (Å²) >= 11 is 9.82. The summed E-state index contributed by atoms with van der Waals surface area (Å²) in [6, 6.07) is 4.21. The molecule has 0 amide bonds. The zero-order valence-electron chi connectivity index (χ0n) is 6.68. The summed E-state index contributed by atoms with van der Waals surface area (Å²) in [6.07, 6.45) is 0. The van der Waals surface area contributed by atoms with E-state index in [4.69, 9.17) is 17.3 Å². The predicted octanol–water partition coefficient (Wildman–Crippen LogP) is 3.83. The first kappa shape index (κ1) is 9.55. The number of alkyl halides is 1. The van der Waals surface area contributed by atoms with Crippen LogP contribution in [0.5, 0.6) is 0 Å². The van der Waals surface area contributed by atoms with Gasteiger partial charge in [-0.15, -0.1) is 22.9 Å². The highest BCUT2D eigenvalue weighted by atomic mass is 127. The van der Waals surface area contributed by atoms with Crippen molar-refractivity contribution in [2.45, 2.75) is 5.88 Å². The Labute approximate surface area is 99.0 Å². The number of anilines is 1. The highest BCUT2D eigenvalue weighted by molar-refractivity contribution is 14.1. The van der Waals surface area contributed by atoms with Crippen LogP contribution in [0.25, 0.3) is 10.1 Å². The monoisotopic (exact) mass is 323 g/mol. The molecule has 13 heavy (non-hydrogen) atoms. The lowest BCUT2D eigenvalue weighted by atomic mass is 10.1. The van der Waals surface area contributed by atoms with Gasteiger partial charge in [0.25, 0.3) is 0 Å². The molecule has 0 unspecified atom stereocenters. The topological polar surface area (TPSA) is 26.0 Å². The van der Waals surface area contributed by atoms with Gasteiger partial charge in [-0.2, -0.15) is 0 Å². The van der Waals surface area contributed by atoms with Gasteiger partial charge in [0.05, 0.1) is 5.69 Å². The number of halogens is 2. The Balaban J connectivity index is 2.85. The quantitative estimate of drug-likeness (QED) is 0.626. The molecule has 0 fully saturated rings. The summed E-state index contributed by atoms with van der Waals surface area (Å²) in [6.45, 7) is 0. The van der Waals surface area contributed by atoms with Gasteiger partial charge in [-0.25, -0.2) is 0 Å². The fourth-order valence-electron chi connectivity index (χ4n) is 1.35. The van der Waals surface area contributed by atoms with E-state index < -0.39 is 0 Å². The molecular weight excluding hydrogens is 317 g/mol.